The molecule has 2 aliphatic rings. The van der Waals surface area contributed by atoms with Crippen LogP contribution in [0.3, 0.4) is 0 Å². The van der Waals surface area contributed by atoms with Crippen molar-refractivity contribution >= 4 is 5.78 Å². The first-order valence-corrected chi connectivity index (χ1v) is 7.91. The summed E-state index contributed by atoms with van der Waals surface area (Å²) in [6, 6.07) is 0. The number of hydrogen-bond donors (Lipinski definition) is 1. The van der Waals surface area contributed by atoms with Gasteiger partial charge in [0.2, 0.25) is 11.5 Å². The van der Waals surface area contributed by atoms with Crippen LogP contribution < -0.4 is 0 Å². The van der Waals surface area contributed by atoms with Crippen LogP contribution >= 0.6 is 0 Å². The van der Waals surface area contributed by atoms with E-state index in [1.165, 1.54) is 0 Å². The zero-order valence-corrected chi connectivity index (χ0v) is 14.2. The lowest BCUT2D eigenvalue weighted by molar-refractivity contribution is -0.147. The van der Waals surface area contributed by atoms with Gasteiger partial charge < -0.3 is 14.6 Å². The summed E-state index contributed by atoms with van der Waals surface area (Å²) >= 11 is 0. The first-order valence-electron chi connectivity index (χ1n) is 7.91. The van der Waals surface area contributed by atoms with E-state index >= 15 is 0 Å². The molecular weight excluding hydrogens is 268 g/mol. The molecule has 0 spiro atoms. The summed E-state index contributed by atoms with van der Waals surface area (Å²) in [5.41, 5.74) is -2.11. The lowest BCUT2D eigenvalue weighted by Gasteiger charge is -2.35. The normalized spacial score (nSPS) is 39.4. The van der Waals surface area contributed by atoms with Crippen LogP contribution in [0.5, 0.6) is 0 Å². The van der Waals surface area contributed by atoms with E-state index in [4.69, 9.17) is 9.47 Å². The van der Waals surface area contributed by atoms with Crippen molar-refractivity contribution in [2.75, 3.05) is 0 Å². The Labute approximate surface area is 127 Å². The lowest BCUT2D eigenvalue weighted by atomic mass is 9.74. The molecular formula is C17H28O4. The van der Waals surface area contributed by atoms with Gasteiger partial charge in [-0.1, -0.05) is 13.8 Å². The second kappa shape index (κ2) is 5.01. The van der Waals surface area contributed by atoms with E-state index in [0.29, 0.717) is 5.76 Å². The lowest BCUT2D eigenvalue weighted by Crippen LogP contribution is -2.50. The zero-order chi connectivity index (χ0) is 16.2. The monoisotopic (exact) mass is 296 g/mol. The number of carbonyl (C=O) groups is 1. The van der Waals surface area contributed by atoms with E-state index < -0.39 is 11.0 Å². The van der Waals surface area contributed by atoms with Gasteiger partial charge in [-0.2, -0.15) is 0 Å². The fourth-order valence-electron chi connectivity index (χ4n) is 3.90. The van der Waals surface area contributed by atoms with E-state index in [-0.39, 0.29) is 35.6 Å². The van der Waals surface area contributed by atoms with Crippen molar-refractivity contribution < 1.29 is 19.4 Å². The Morgan fingerprint density at radius 1 is 1.14 bits per heavy atom. The molecule has 0 aliphatic heterocycles. The third-order valence-electron chi connectivity index (χ3n) is 5.05. The molecule has 0 aromatic heterocycles. The van der Waals surface area contributed by atoms with Gasteiger partial charge in [-0.3, -0.25) is 4.79 Å². The summed E-state index contributed by atoms with van der Waals surface area (Å²) in [6.07, 6.45) is 0.529. The van der Waals surface area contributed by atoms with Crippen molar-refractivity contribution in [1.29, 1.82) is 0 Å². The van der Waals surface area contributed by atoms with Crippen LogP contribution in [0.4, 0.5) is 0 Å². The number of Topliss-reactive ketones (excluding diaryl/α,β-unsaturated/α-hetero) is 1. The van der Waals surface area contributed by atoms with Crippen LogP contribution in [-0.4, -0.2) is 28.7 Å². The molecule has 0 aromatic rings. The van der Waals surface area contributed by atoms with Gasteiger partial charge in [0.25, 0.3) is 0 Å². The van der Waals surface area contributed by atoms with Gasteiger partial charge in [0.15, 0.2) is 5.76 Å². The summed E-state index contributed by atoms with van der Waals surface area (Å²) < 4.78 is 11.7. The molecule has 1 N–H and O–H groups in total. The number of hydrogen-bond acceptors (Lipinski definition) is 4. The first-order chi connectivity index (χ1) is 9.55. The van der Waals surface area contributed by atoms with Crippen LogP contribution in [0, 0.1) is 17.3 Å². The van der Waals surface area contributed by atoms with Gasteiger partial charge in [-0.05, 0) is 52.9 Å². The molecule has 0 radical (unpaired) electrons. The van der Waals surface area contributed by atoms with E-state index in [1.807, 2.05) is 41.5 Å². The third kappa shape index (κ3) is 2.10. The van der Waals surface area contributed by atoms with Crippen molar-refractivity contribution in [2.24, 2.45) is 17.3 Å². The minimum absolute atomic E-state index is 0.0658. The van der Waals surface area contributed by atoms with Crippen LogP contribution in [0.25, 0.3) is 0 Å². The summed E-state index contributed by atoms with van der Waals surface area (Å²) in [7, 11) is 0. The molecule has 4 heteroatoms. The molecule has 120 valence electrons. The standard InChI is InChI=1S/C17H28O4/c1-9(2)20-13-14(18)17(19)12(6)11(5)8-16(17,7)15(13)21-10(3)4/h9-12,19H,8H2,1-7H3/t11-,12-,16+,17+/m1/s1. The van der Waals surface area contributed by atoms with Crippen LogP contribution in [0.2, 0.25) is 0 Å². The third-order valence-corrected chi connectivity index (χ3v) is 5.05. The Hall–Kier alpha value is -1.03. The van der Waals surface area contributed by atoms with E-state index in [2.05, 4.69) is 6.92 Å². The maximum absolute atomic E-state index is 12.9. The fraction of sp³-hybridized carbons (Fsp3) is 0.824. The smallest absolute Gasteiger partial charge is 0.233 e. The van der Waals surface area contributed by atoms with E-state index in [9.17, 15) is 9.90 Å². The van der Waals surface area contributed by atoms with Crippen LogP contribution in [0.1, 0.15) is 54.9 Å². The first kappa shape index (κ1) is 16.3. The van der Waals surface area contributed by atoms with Crippen molar-refractivity contribution in [3.8, 4) is 0 Å². The fourth-order valence-corrected chi connectivity index (χ4v) is 3.90. The molecule has 0 saturated heterocycles. The largest absolute Gasteiger partial charge is 0.491 e. The highest BCUT2D eigenvalue weighted by Crippen LogP contribution is 2.62. The minimum Gasteiger partial charge on any atom is -0.491 e. The average Bonchev–Trinajstić information content (AvgIpc) is 2.62. The van der Waals surface area contributed by atoms with Gasteiger partial charge in [-0.25, -0.2) is 0 Å². The molecule has 2 rings (SSSR count). The van der Waals surface area contributed by atoms with Crippen molar-refractivity contribution in [3.05, 3.63) is 11.5 Å². The summed E-state index contributed by atoms with van der Waals surface area (Å²) in [4.78, 5) is 12.9. The predicted octanol–water partition coefficient (Wildman–Crippen LogP) is 3.04. The van der Waals surface area contributed by atoms with Crippen molar-refractivity contribution in [1.82, 2.24) is 0 Å². The number of rotatable bonds is 4. The molecule has 2 aliphatic carbocycles. The maximum atomic E-state index is 12.9. The Balaban J connectivity index is 2.56. The number of fused-ring (bicyclic) bond motifs is 1. The van der Waals surface area contributed by atoms with Gasteiger partial charge in [0.05, 0.1) is 17.6 Å². The molecule has 21 heavy (non-hydrogen) atoms. The van der Waals surface area contributed by atoms with Crippen molar-refractivity contribution in [2.45, 2.75) is 72.7 Å². The van der Waals surface area contributed by atoms with Crippen molar-refractivity contribution in [3.63, 3.8) is 0 Å². The van der Waals surface area contributed by atoms with Gasteiger partial charge in [-0.15, -0.1) is 0 Å². The number of aliphatic hydroxyl groups is 1. The molecule has 4 atom stereocenters. The number of ether oxygens (including phenoxy) is 2. The molecule has 1 saturated carbocycles. The molecule has 1 fully saturated rings. The molecule has 4 nitrogen and oxygen atoms in total. The van der Waals surface area contributed by atoms with E-state index in [1.54, 1.807) is 0 Å². The highest BCUT2D eigenvalue weighted by atomic mass is 16.5. The quantitative estimate of drug-likeness (QED) is 0.866. The molecule has 0 aromatic carbocycles. The molecule has 0 unspecified atom stereocenters. The second-order valence-electron chi connectivity index (χ2n) is 7.39. The summed E-state index contributed by atoms with van der Waals surface area (Å²) in [5.74, 6) is 0.591. The Bertz CT molecular complexity index is 479. The predicted molar refractivity (Wildman–Crippen MR) is 80.5 cm³/mol. The molecule has 0 heterocycles. The second-order valence-corrected chi connectivity index (χ2v) is 7.39. The molecule has 0 bridgehead atoms. The van der Waals surface area contributed by atoms with Crippen LogP contribution in [0.15, 0.2) is 11.5 Å². The minimum atomic E-state index is -1.42. The molecule has 0 amide bonds. The zero-order valence-electron chi connectivity index (χ0n) is 14.2. The number of carbonyl (C=O) groups excluding carboxylic acids is 1. The maximum Gasteiger partial charge on any atom is 0.233 e. The highest BCUT2D eigenvalue weighted by molar-refractivity contribution is 6.05. The Morgan fingerprint density at radius 3 is 2.14 bits per heavy atom. The Kier molecular flexibility index (Phi) is 3.90. The Morgan fingerprint density at radius 2 is 1.67 bits per heavy atom. The SMILES string of the molecule is CC(C)OC1=C(OC(C)C)[C@]2(C)C[C@@H](C)[C@@H](C)[C@]2(O)C1=O. The van der Waals surface area contributed by atoms with E-state index in [0.717, 1.165) is 6.42 Å². The van der Waals surface area contributed by atoms with Gasteiger partial charge in [0.1, 0.15) is 5.60 Å². The highest BCUT2D eigenvalue weighted by Gasteiger charge is 2.71. The topological polar surface area (TPSA) is 55.8 Å². The average molecular weight is 296 g/mol. The van der Waals surface area contributed by atoms with Gasteiger partial charge in [0, 0.05) is 0 Å². The van der Waals surface area contributed by atoms with Crippen LogP contribution in [-0.2, 0) is 14.3 Å². The summed E-state index contributed by atoms with van der Waals surface area (Å²) in [5, 5.41) is 11.2. The number of ketones is 1. The summed E-state index contributed by atoms with van der Waals surface area (Å²) in [6.45, 7) is 13.5. The van der Waals surface area contributed by atoms with Gasteiger partial charge >= 0.3 is 0 Å².